The Morgan fingerprint density at radius 2 is 1.47 bits per heavy atom. The van der Waals surface area contributed by atoms with E-state index in [4.69, 9.17) is 18.8 Å². The zero-order chi connectivity index (χ0) is 27.1. The predicted octanol–water partition coefficient (Wildman–Crippen LogP) is 6.83. The number of benzene rings is 2. The van der Waals surface area contributed by atoms with Gasteiger partial charge in [-0.3, -0.25) is 0 Å². The fourth-order valence-electron chi connectivity index (χ4n) is 5.56. The molecule has 36 heavy (non-hydrogen) atoms. The molecule has 196 valence electrons. The molecule has 1 aliphatic heterocycles. The van der Waals surface area contributed by atoms with E-state index in [1.54, 1.807) is 13.2 Å². The Kier molecular flexibility index (Phi) is 8.37. The van der Waals surface area contributed by atoms with Gasteiger partial charge in [0.1, 0.15) is 19.6 Å². The highest BCUT2D eigenvalue weighted by Crippen LogP contribution is 2.41. The Morgan fingerprint density at radius 3 is 1.97 bits per heavy atom. The van der Waals surface area contributed by atoms with Crippen molar-refractivity contribution in [3.05, 3.63) is 35.6 Å². The summed E-state index contributed by atoms with van der Waals surface area (Å²) in [4.78, 5) is 0. The fourth-order valence-corrected chi connectivity index (χ4v) is 10.8. The largest absolute Gasteiger partial charge is 0.495 e. The molecule has 4 nitrogen and oxygen atoms in total. The molecule has 0 amide bonds. The van der Waals surface area contributed by atoms with Crippen LogP contribution in [0.3, 0.4) is 0 Å². The van der Waals surface area contributed by atoms with Crippen LogP contribution in [0, 0.1) is 17.3 Å². The first-order valence-electron chi connectivity index (χ1n) is 12.9. The van der Waals surface area contributed by atoms with Crippen molar-refractivity contribution in [3.63, 3.8) is 0 Å². The zero-order valence-corrected chi connectivity index (χ0v) is 24.8. The van der Waals surface area contributed by atoms with E-state index in [1.165, 1.54) is 6.07 Å². The molecule has 0 spiro atoms. The van der Waals surface area contributed by atoms with Crippen molar-refractivity contribution in [3.8, 4) is 17.2 Å². The molecule has 0 N–H and O–H groups in total. The molecule has 0 saturated carbocycles. The first-order valence-corrected chi connectivity index (χ1v) is 15.2. The van der Waals surface area contributed by atoms with Crippen molar-refractivity contribution in [2.75, 3.05) is 13.9 Å². The van der Waals surface area contributed by atoms with E-state index in [9.17, 15) is 4.39 Å². The van der Waals surface area contributed by atoms with E-state index in [1.807, 2.05) is 39.8 Å². The molecule has 0 aromatic heterocycles. The lowest BCUT2D eigenvalue weighted by Crippen LogP contribution is -2.43. The summed E-state index contributed by atoms with van der Waals surface area (Å²) in [6.45, 7) is 21.8. The van der Waals surface area contributed by atoms with Gasteiger partial charge in [-0.15, -0.1) is 5.54 Å². The average Bonchev–Trinajstić information content (AvgIpc) is 2.97. The molecule has 1 saturated heterocycles. The smallest absolute Gasteiger partial charge is 0.468 e. The molecule has 1 aliphatic rings. The van der Waals surface area contributed by atoms with Gasteiger partial charge in [-0.1, -0.05) is 47.5 Å². The van der Waals surface area contributed by atoms with Crippen molar-refractivity contribution < 1.29 is 23.2 Å². The van der Waals surface area contributed by atoms with Crippen LogP contribution in [0.15, 0.2) is 24.3 Å². The van der Waals surface area contributed by atoms with Crippen LogP contribution in [-0.2, 0) is 14.0 Å². The molecule has 2 aromatic rings. The van der Waals surface area contributed by atoms with Crippen molar-refractivity contribution in [2.45, 2.75) is 97.1 Å². The third-order valence-electron chi connectivity index (χ3n) is 8.15. The Labute approximate surface area is 218 Å². The van der Waals surface area contributed by atoms with Gasteiger partial charge in [0.2, 0.25) is 0 Å². The minimum absolute atomic E-state index is 0.0849. The maximum Gasteiger partial charge on any atom is 0.495 e. The minimum atomic E-state index is -2.03. The number of halogens is 1. The third kappa shape index (κ3) is 5.24. The Bertz CT molecular complexity index is 1130. The van der Waals surface area contributed by atoms with Crippen LogP contribution in [0.25, 0.3) is 10.8 Å². The first-order chi connectivity index (χ1) is 16.7. The topological polar surface area (TPSA) is 36.9 Å². The van der Waals surface area contributed by atoms with Crippen LogP contribution in [-0.4, -0.2) is 40.3 Å². The summed E-state index contributed by atoms with van der Waals surface area (Å²) >= 11 is 0. The number of methoxy groups -OCH3 is 1. The Morgan fingerprint density at radius 1 is 0.917 bits per heavy atom. The van der Waals surface area contributed by atoms with Gasteiger partial charge in [0, 0.05) is 12.7 Å². The maximum atomic E-state index is 14.9. The highest BCUT2D eigenvalue weighted by atomic mass is 28.3. The molecule has 7 heteroatoms. The van der Waals surface area contributed by atoms with Gasteiger partial charge in [0.15, 0.2) is 6.79 Å². The van der Waals surface area contributed by atoms with Crippen molar-refractivity contribution in [1.82, 2.24) is 0 Å². The van der Waals surface area contributed by atoms with E-state index in [0.29, 0.717) is 33.3 Å². The van der Waals surface area contributed by atoms with Gasteiger partial charge in [-0.2, -0.15) is 0 Å². The van der Waals surface area contributed by atoms with Crippen molar-refractivity contribution >= 4 is 31.4 Å². The van der Waals surface area contributed by atoms with E-state index < -0.39 is 26.4 Å². The van der Waals surface area contributed by atoms with Crippen LogP contribution in [0.2, 0.25) is 16.6 Å². The third-order valence-corrected chi connectivity index (χ3v) is 14.4. The zero-order valence-electron chi connectivity index (χ0n) is 23.8. The maximum absolute atomic E-state index is 14.9. The predicted molar refractivity (Wildman–Crippen MR) is 150 cm³/mol. The molecule has 1 fully saturated rings. The molecule has 0 aliphatic carbocycles. The number of ether oxygens (including phenoxy) is 2. The molecular weight excluding hydrogens is 470 g/mol. The van der Waals surface area contributed by atoms with E-state index in [-0.39, 0.29) is 12.6 Å². The van der Waals surface area contributed by atoms with Gasteiger partial charge in [-0.25, -0.2) is 4.39 Å². The van der Waals surface area contributed by atoms with Crippen LogP contribution in [0.5, 0.6) is 5.75 Å². The molecule has 0 bridgehead atoms. The standard InChI is InChI=1S/C29H42BFO4Si/c1-19(2)36(20(3)4,21(5)6)13-12-22-14-24(31)15-23-16-25(33-18-32-11)17-26(27(22)23)30-34-28(7,8)29(9,10)35-30/h14-17,19-21H,18H2,1-11H3. The molecule has 0 radical (unpaired) electrons. The number of hydrogen-bond acceptors (Lipinski definition) is 4. The van der Waals surface area contributed by atoms with Gasteiger partial charge in [0.05, 0.1) is 11.2 Å². The minimum Gasteiger partial charge on any atom is -0.468 e. The lowest BCUT2D eigenvalue weighted by molar-refractivity contribution is 0.00578. The lowest BCUT2D eigenvalue weighted by Gasteiger charge is -2.38. The summed E-state index contributed by atoms with van der Waals surface area (Å²) in [6.07, 6.45) is 0. The lowest BCUT2D eigenvalue weighted by atomic mass is 9.75. The first kappa shape index (κ1) is 28.7. The Hall–Kier alpha value is -1.85. The summed E-state index contributed by atoms with van der Waals surface area (Å²) in [5, 5.41) is 1.54. The summed E-state index contributed by atoms with van der Waals surface area (Å²) in [6, 6.07) is 6.80. The van der Waals surface area contributed by atoms with Gasteiger partial charge in [0.25, 0.3) is 0 Å². The second kappa shape index (κ2) is 10.5. The second-order valence-electron chi connectivity index (χ2n) is 11.9. The highest BCUT2D eigenvalue weighted by molar-refractivity contribution is 6.90. The summed E-state index contributed by atoms with van der Waals surface area (Å²) in [5.41, 5.74) is 5.58. The van der Waals surface area contributed by atoms with Crippen molar-refractivity contribution in [2.24, 2.45) is 0 Å². The SMILES string of the molecule is COCOc1cc(B2OC(C)(C)C(C)(C)O2)c2c(C#C[Si](C(C)C)(C(C)C)C(C)C)cc(F)cc2c1. The number of hydrogen-bond donors (Lipinski definition) is 0. The van der Waals surface area contributed by atoms with Gasteiger partial charge in [-0.05, 0) is 84.8 Å². The molecule has 0 unspecified atom stereocenters. The summed E-state index contributed by atoms with van der Waals surface area (Å²) in [5.74, 6) is 3.71. The number of fused-ring (bicyclic) bond motifs is 1. The van der Waals surface area contributed by atoms with E-state index >= 15 is 0 Å². The van der Waals surface area contributed by atoms with E-state index in [0.717, 1.165) is 10.8 Å². The van der Waals surface area contributed by atoms with Crippen LogP contribution in [0.1, 0.15) is 74.8 Å². The van der Waals surface area contributed by atoms with Crippen LogP contribution >= 0.6 is 0 Å². The summed E-state index contributed by atoms with van der Waals surface area (Å²) in [7, 11) is -1.10. The van der Waals surface area contributed by atoms with Crippen LogP contribution < -0.4 is 10.2 Å². The molecule has 3 rings (SSSR count). The molecule has 1 heterocycles. The average molecular weight is 513 g/mol. The van der Waals surface area contributed by atoms with Crippen LogP contribution in [0.4, 0.5) is 4.39 Å². The molecule has 0 atom stereocenters. The van der Waals surface area contributed by atoms with Gasteiger partial charge < -0.3 is 18.8 Å². The molecular formula is C29H42BFO4Si. The summed E-state index contributed by atoms with van der Waals surface area (Å²) < 4.78 is 38.7. The fraction of sp³-hybridized carbons (Fsp3) is 0.586. The van der Waals surface area contributed by atoms with Gasteiger partial charge >= 0.3 is 7.12 Å². The number of rotatable bonds is 7. The normalized spacial score (nSPS) is 17.2. The Balaban J connectivity index is 2.31. The monoisotopic (exact) mass is 512 g/mol. The molecule has 2 aromatic carbocycles. The van der Waals surface area contributed by atoms with E-state index in [2.05, 4.69) is 53.0 Å². The van der Waals surface area contributed by atoms with Crippen molar-refractivity contribution in [1.29, 1.82) is 0 Å². The second-order valence-corrected chi connectivity index (χ2v) is 17.4. The highest BCUT2D eigenvalue weighted by Gasteiger charge is 2.52. The quantitative estimate of drug-likeness (QED) is 0.232.